The molecule has 0 radical (unpaired) electrons. The van der Waals surface area contributed by atoms with Crippen LogP contribution in [-0.2, 0) is 4.79 Å². The molecule has 1 heterocycles. The van der Waals surface area contributed by atoms with Crippen LogP contribution in [0.2, 0.25) is 0 Å². The molecule has 0 unspecified atom stereocenters. The van der Waals surface area contributed by atoms with E-state index in [1.165, 1.54) is 17.8 Å². The van der Waals surface area contributed by atoms with Crippen LogP contribution in [-0.4, -0.2) is 16.6 Å². The first-order valence-corrected chi connectivity index (χ1v) is 8.33. The van der Waals surface area contributed by atoms with Gasteiger partial charge in [0.25, 0.3) is 5.22 Å². The van der Waals surface area contributed by atoms with Gasteiger partial charge in [-0.05, 0) is 30.7 Å². The van der Waals surface area contributed by atoms with Gasteiger partial charge in [0.05, 0.1) is 5.69 Å². The molecule has 3 rings (SSSR count). The van der Waals surface area contributed by atoms with Gasteiger partial charge in [-0.25, -0.2) is 13.8 Å². The number of amides is 1. The molecule has 0 spiro atoms. The minimum atomic E-state index is -0.788. The average Bonchev–Trinajstić information content (AvgIpc) is 2.97. The van der Waals surface area contributed by atoms with Crippen LogP contribution in [0.3, 0.4) is 0 Å². The topological polar surface area (TPSA) is 55.1 Å². The summed E-state index contributed by atoms with van der Waals surface area (Å²) in [4.78, 5) is 16.1. The highest BCUT2D eigenvalue weighted by Crippen LogP contribution is 2.24. The van der Waals surface area contributed by atoms with Crippen LogP contribution in [0.5, 0.6) is 0 Å². The van der Waals surface area contributed by atoms with E-state index in [1.54, 1.807) is 0 Å². The Morgan fingerprint density at radius 1 is 1.21 bits per heavy atom. The van der Waals surface area contributed by atoms with Gasteiger partial charge in [-0.1, -0.05) is 23.9 Å². The van der Waals surface area contributed by atoms with Gasteiger partial charge in [0.15, 0.2) is 5.58 Å². The number of carbonyl (C=O) groups excluding carboxylic acids is 1. The lowest BCUT2D eigenvalue weighted by Gasteiger charge is -2.06. The number of benzene rings is 2. The van der Waals surface area contributed by atoms with Crippen molar-refractivity contribution >= 4 is 34.5 Å². The predicted molar refractivity (Wildman–Crippen MR) is 89.0 cm³/mol. The maximum Gasteiger partial charge on any atom is 0.256 e. The van der Waals surface area contributed by atoms with E-state index < -0.39 is 11.6 Å². The van der Waals surface area contributed by atoms with Crippen molar-refractivity contribution in [3.63, 3.8) is 0 Å². The van der Waals surface area contributed by atoms with Gasteiger partial charge in [0.2, 0.25) is 5.91 Å². The highest BCUT2D eigenvalue weighted by molar-refractivity contribution is 7.99. The molecule has 0 aliphatic heterocycles. The molecule has 4 nitrogen and oxygen atoms in total. The number of oxazole rings is 1. The van der Waals surface area contributed by atoms with Crippen LogP contribution >= 0.6 is 11.8 Å². The molecular weight excluding hydrogens is 334 g/mol. The number of halogens is 2. The van der Waals surface area contributed by atoms with Gasteiger partial charge >= 0.3 is 0 Å². The monoisotopic (exact) mass is 348 g/mol. The SMILES string of the molecule is O=C(CCCSc1nc2ccccc2o1)Nc1ccc(F)cc1F. The lowest BCUT2D eigenvalue weighted by Crippen LogP contribution is -2.12. The molecule has 3 aromatic rings. The highest BCUT2D eigenvalue weighted by atomic mass is 32.2. The van der Waals surface area contributed by atoms with Crippen LogP contribution in [0.25, 0.3) is 11.1 Å². The first-order chi connectivity index (χ1) is 11.6. The Labute approximate surface area is 141 Å². The zero-order chi connectivity index (χ0) is 16.9. The van der Waals surface area contributed by atoms with E-state index in [0.717, 1.165) is 23.2 Å². The maximum atomic E-state index is 13.4. The van der Waals surface area contributed by atoms with Gasteiger partial charge < -0.3 is 9.73 Å². The zero-order valence-electron chi connectivity index (χ0n) is 12.6. The molecule has 24 heavy (non-hydrogen) atoms. The first kappa shape index (κ1) is 16.4. The summed E-state index contributed by atoms with van der Waals surface area (Å²) in [6, 6.07) is 10.5. The normalized spacial score (nSPS) is 10.9. The van der Waals surface area contributed by atoms with Crippen molar-refractivity contribution in [1.29, 1.82) is 0 Å². The zero-order valence-corrected chi connectivity index (χ0v) is 13.4. The summed E-state index contributed by atoms with van der Waals surface area (Å²) < 4.78 is 31.8. The number of fused-ring (bicyclic) bond motifs is 1. The second-order valence-corrected chi connectivity index (χ2v) is 6.12. The molecule has 0 fully saturated rings. The molecule has 0 aliphatic carbocycles. The lowest BCUT2D eigenvalue weighted by molar-refractivity contribution is -0.116. The van der Waals surface area contributed by atoms with Gasteiger partial charge in [-0.3, -0.25) is 4.79 Å². The molecule has 0 aliphatic rings. The minimum Gasteiger partial charge on any atom is -0.431 e. The van der Waals surface area contributed by atoms with E-state index >= 15 is 0 Å². The minimum absolute atomic E-state index is 0.0204. The third-order valence-electron chi connectivity index (χ3n) is 3.25. The molecule has 0 saturated carbocycles. The number of carbonyl (C=O) groups is 1. The molecule has 0 bridgehead atoms. The summed E-state index contributed by atoms with van der Waals surface area (Å²) in [6.45, 7) is 0. The van der Waals surface area contributed by atoms with Crippen molar-refractivity contribution in [3.05, 3.63) is 54.1 Å². The Morgan fingerprint density at radius 3 is 2.83 bits per heavy atom. The van der Waals surface area contributed by atoms with Crippen LogP contribution in [0.4, 0.5) is 14.5 Å². The van der Waals surface area contributed by atoms with Gasteiger partial charge in [-0.2, -0.15) is 0 Å². The van der Waals surface area contributed by atoms with E-state index in [1.807, 2.05) is 24.3 Å². The molecule has 1 N–H and O–H groups in total. The predicted octanol–water partition coefficient (Wildman–Crippen LogP) is 4.62. The number of hydrogen-bond acceptors (Lipinski definition) is 4. The largest absolute Gasteiger partial charge is 0.431 e. The number of para-hydroxylation sites is 2. The smallest absolute Gasteiger partial charge is 0.256 e. The number of aromatic nitrogens is 1. The Kier molecular flexibility index (Phi) is 5.10. The summed E-state index contributed by atoms with van der Waals surface area (Å²) in [5.74, 6) is -1.14. The first-order valence-electron chi connectivity index (χ1n) is 7.35. The van der Waals surface area contributed by atoms with Crippen LogP contribution in [0.1, 0.15) is 12.8 Å². The van der Waals surface area contributed by atoms with Crippen molar-refractivity contribution < 1.29 is 18.0 Å². The molecule has 1 aromatic heterocycles. The summed E-state index contributed by atoms with van der Waals surface area (Å²) in [7, 11) is 0. The summed E-state index contributed by atoms with van der Waals surface area (Å²) in [6.07, 6.45) is 0.808. The Hall–Kier alpha value is -2.41. The third-order valence-corrected chi connectivity index (χ3v) is 4.17. The standard InChI is InChI=1S/C17H14F2N2O2S/c18-11-7-8-13(12(19)10-11)20-16(22)6-3-9-24-17-21-14-4-1-2-5-15(14)23-17/h1-2,4-5,7-8,10H,3,6,9H2,(H,20,22). The van der Waals surface area contributed by atoms with Gasteiger partial charge in [0, 0.05) is 18.2 Å². The number of rotatable bonds is 6. The second kappa shape index (κ2) is 7.44. The van der Waals surface area contributed by atoms with Crippen molar-refractivity contribution in [1.82, 2.24) is 4.98 Å². The van der Waals surface area contributed by atoms with Crippen LogP contribution in [0, 0.1) is 11.6 Å². The molecule has 7 heteroatoms. The van der Waals surface area contributed by atoms with Crippen LogP contribution < -0.4 is 5.32 Å². The second-order valence-electron chi connectivity index (χ2n) is 5.07. The summed E-state index contributed by atoms with van der Waals surface area (Å²) in [5.41, 5.74) is 1.50. The van der Waals surface area contributed by atoms with E-state index in [2.05, 4.69) is 10.3 Å². The molecule has 0 saturated heterocycles. The Bertz CT molecular complexity index is 834. The summed E-state index contributed by atoms with van der Waals surface area (Å²) >= 11 is 1.42. The number of thioether (sulfide) groups is 1. The molecule has 1 amide bonds. The van der Waals surface area contributed by atoms with Gasteiger partial charge in [0.1, 0.15) is 17.2 Å². The van der Waals surface area contributed by atoms with Crippen molar-refractivity contribution in [2.75, 3.05) is 11.1 Å². The van der Waals surface area contributed by atoms with E-state index in [9.17, 15) is 13.6 Å². The Morgan fingerprint density at radius 2 is 2.04 bits per heavy atom. The number of anilines is 1. The van der Waals surface area contributed by atoms with Crippen LogP contribution in [0.15, 0.2) is 52.1 Å². The average molecular weight is 348 g/mol. The fourth-order valence-electron chi connectivity index (χ4n) is 2.11. The maximum absolute atomic E-state index is 13.4. The molecule has 2 aromatic carbocycles. The van der Waals surface area contributed by atoms with Crippen molar-refractivity contribution in [2.45, 2.75) is 18.1 Å². The van der Waals surface area contributed by atoms with E-state index in [0.29, 0.717) is 17.4 Å². The van der Waals surface area contributed by atoms with Crippen molar-refractivity contribution in [3.8, 4) is 0 Å². The highest BCUT2D eigenvalue weighted by Gasteiger charge is 2.09. The van der Waals surface area contributed by atoms with Crippen molar-refractivity contribution in [2.24, 2.45) is 0 Å². The molecule has 124 valence electrons. The van der Waals surface area contributed by atoms with E-state index in [-0.39, 0.29) is 18.0 Å². The fourth-order valence-corrected chi connectivity index (χ4v) is 2.88. The molecule has 0 atom stereocenters. The lowest BCUT2D eigenvalue weighted by atomic mass is 10.2. The van der Waals surface area contributed by atoms with Gasteiger partial charge in [-0.15, -0.1) is 0 Å². The number of nitrogens with zero attached hydrogens (tertiary/aromatic N) is 1. The number of hydrogen-bond donors (Lipinski definition) is 1. The summed E-state index contributed by atoms with van der Waals surface area (Å²) in [5, 5.41) is 2.99. The number of nitrogens with one attached hydrogen (secondary N) is 1. The Balaban J connectivity index is 1.45. The third kappa shape index (κ3) is 4.11. The fraction of sp³-hybridized carbons (Fsp3) is 0.176. The quantitative estimate of drug-likeness (QED) is 0.522. The molecular formula is C17H14F2N2O2S. The van der Waals surface area contributed by atoms with E-state index in [4.69, 9.17) is 4.42 Å².